The summed E-state index contributed by atoms with van der Waals surface area (Å²) >= 11 is 0. The number of imidazole rings is 1. The highest BCUT2D eigenvalue weighted by Gasteiger charge is 1.91. The number of hydrogen-bond donors (Lipinski definition) is 0. The summed E-state index contributed by atoms with van der Waals surface area (Å²) in [4.78, 5) is 7.79. The Balaban J connectivity index is 2.46. The lowest BCUT2D eigenvalue weighted by molar-refractivity contribution is 1.04. The van der Waals surface area contributed by atoms with E-state index in [2.05, 4.69) is 16.2 Å². The van der Waals surface area contributed by atoms with Gasteiger partial charge in [-0.3, -0.25) is 4.98 Å². The summed E-state index contributed by atoms with van der Waals surface area (Å²) in [6, 6.07) is 3.70. The maximum Gasteiger partial charge on any atom is 0.0992 e. The zero-order valence-electron chi connectivity index (χ0n) is 5.81. The first-order chi connectivity index (χ1) is 5.47. The van der Waals surface area contributed by atoms with Crippen LogP contribution in [-0.2, 0) is 0 Å². The number of nitrogens with zero attached hydrogens (tertiary/aromatic N) is 3. The number of aromatic nitrogens is 3. The van der Waals surface area contributed by atoms with Gasteiger partial charge in [0.1, 0.15) is 0 Å². The molecule has 3 nitrogen and oxygen atoms in total. The van der Waals surface area contributed by atoms with Crippen LogP contribution in [0.25, 0.3) is 5.69 Å². The molecule has 0 aliphatic carbocycles. The summed E-state index contributed by atoms with van der Waals surface area (Å²) in [6.45, 7) is 0. The Labute approximate surface area is 64.3 Å². The van der Waals surface area contributed by atoms with Gasteiger partial charge in [-0.25, -0.2) is 4.98 Å². The van der Waals surface area contributed by atoms with Gasteiger partial charge in [0.05, 0.1) is 24.4 Å². The molecule has 0 saturated carbocycles. The van der Waals surface area contributed by atoms with E-state index < -0.39 is 0 Å². The van der Waals surface area contributed by atoms with E-state index in [4.69, 9.17) is 0 Å². The van der Waals surface area contributed by atoms with E-state index in [1.54, 1.807) is 24.8 Å². The summed E-state index contributed by atoms with van der Waals surface area (Å²) in [5.41, 5.74) is 1.00. The van der Waals surface area contributed by atoms with Gasteiger partial charge in [0.2, 0.25) is 0 Å². The van der Waals surface area contributed by atoms with Crippen LogP contribution in [0.15, 0.2) is 37.1 Å². The molecule has 11 heavy (non-hydrogen) atoms. The van der Waals surface area contributed by atoms with Crippen molar-refractivity contribution >= 4 is 0 Å². The second-order valence-corrected chi connectivity index (χ2v) is 2.12. The molecule has 0 aliphatic heterocycles. The van der Waals surface area contributed by atoms with Gasteiger partial charge in [0.15, 0.2) is 0 Å². The second kappa shape index (κ2) is 2.54. The van der Waals surface area contributed by atoms with Gasteiger partial charge < -0.3 is 4.57 Å². The first-order valence-corrected chi connectivity index (χ1v) is 3.27. The maximum absolute atomic E-state index is 3.92. The van der Waals surface area contributed by atoms with Crippen LogP contribution in [0.5, 0.6) is 0 Å². The predicted octanol–water partition coefficient (Wildman–Crippen LogP) is 1.07. The van der Waals surface area contributed by atoms with Crippen molar-refractivity contribution in [1.29, 1.82) is 0 Å². The Hall–Kier alpha value is -1.64. The first-order valence-electron chi connectivity index (χ1n) is 3.27. The highest BCUT2D eigenvalue weighted by molar-refractivity contribution is 5.26. The van der Waals surface area contributed by atoms with Gasteiger partial charge in [-0.1, -0.05) is 0 Å². The number of hydrogen-bond acceptors (Lipinski definition) is 2. The highest BCUT2D eigenvalue weighted by Crippen LogP contribution is 2.01. The van der Waals surface area contributed by atoms with Crippen LogP contribution >= 0.6 is 0 Å². The van der Waals surface area contributed by atoms with Gasteiger partial charge >= 0.3 is 0 Å². The van der Waals surface area contributed by atoms with Crippen molar-refractivity contribution in [3.05, 3.63) is 43.2 Å². The SMILES string of the molecule is [c]1ccc(-n2ccnc2)cn1. The quantitative estimate of drug-likeness (QED) is 0.599. The fourth-order valence-corrected chi connectivity index (χ4v) is 0.877. The molecule has 2 aromatic heterocycles. The average molecular weight is 144 g/mol. The number of pyridine rings is 1. The molecule has 0 aromatic carbocycles. The molecule has 0 amide bonds. The van der Waals surface area contributed by atoms with Gasteiger partial charge in [-0.15, -0.1) is 0 Å². The minimum atomic E-state index is 1.00. The molecule has 53 valence electrons. The van der Waals surface area contributed by atoms with E-state index in [1.807, 2.05) is 16.8 Å². The summed E-state index contributed by atoms with van der Waals surface area (Å²) in [5.74, 6) is 0. The zero-order valence-corrected chi connectivity index (χ0v) is 5.81. The Morgan fingerprint density at radius 2 is 2.45 bits per heavy atom. The summed E-state index contributed by atoms with van der Waals surface area (Å²) in [5, 5.41) is 0. The average Bonchev–Trinajstić information content (AvgIpc) is 2.58. The molecule has 0 unspecified atom stereocenters. The molecule has 0 spiro atoms. The van der Waals surface area contributed by atoms with Crippen LogP contribution in [0, 0.1) is 6.20 Å². The minimum Gasteiger partial charge on any atom is -0.305 e. The molecule has 2 aromatic rings. The molecule has 0 atom stereocenters. The van der Waals surface area contributed by atoms with Crippen LogP contribution in [0.3, 0.4) is 0 Å². The normalized spacial score (nSPS) is 9.82. The van der Waals surface area contributed by atoms with Crippen molar-refractivity contribution in [2.75, 3.05) is 0 Å². The van der Waals surface area contributed by atoms with Crippen molar-refractivity contribution in [2.45, 2.75) is 0 Å². The Morgan fingerprint density at radius 1 is 1.45 bits per heavy atom. The molecule has 1 radical (unpaired) electrons. The van der Waals surface area contributed by atoms with Crippen LogP contribution in [0.1, 0.15) is 0 Å². The van der Waals surface area contributed by atoms with E-state index in [0.717, 1.165) is 5.69 Å². The lowest BCUT2D eigenvalue weighted by Crippen LogP contribution is -1.89. The van der Waals surface area contributed by atoms with E-state index in [1.165, 1.54) is 0 Å². The van der Waals surface area contributed by atoms with Crippen LogP contribution in [0.4, 0.5) is 0 Å². The first kappa shape index (κ1) is 6.09. The molecule has 0 N–H and O–H groups in total. The fraction of sp³-hybridized carbons (Fsp3) is 0. The molecule has 0 saturated heterocycles. The zero-order chi connectivity index (χ0) is 7.52. The van der Waals surface area contributed by atoms with Gasteiger partial charge in [-0.05, 0) is 12.1 Å². The predicted molar refractivity (Wildman–Crippen MR) is 40.2 cm³/mol. The van der Waals surface area contributed by atoms with Gasteiger partial charge in [-0.2, -0.15) is 0 Å². The van der Waals surface area contributed by atoms with Crippen molar-refractivity contribution < 1.29 is 0 Å². The van der Waals surface area contributed by atoms with Gasteiger partial charge in [0.25, 0.3) is 0 Å². The minimum absolute atomic E-state index is 1.00. The Bertz CT molecular complexity index is 312. The molecule has 2 heterocycles. The molecule has 0 bridgehead atoms. The van der Waals surface area contributed by atoms with E-state index in [-0.39, 0.29) is 0 Å². The third kappa shape index (κ3) is 1.12. The summed E-state index contributed by atoms with van der Waals surface area (Å²) in [6.07, 6.45) is 9.79. The molecule has 0 aliphatic rings. The third-order valence-electron chi connectivity index (χ3n) is 1.40. The lowest BCUT2D eigenvalue weighted by Gasteiger charge is -1.97. The van der Waals surface area contributed by atoms with Crippen molar-refractivity contribution in [2.24, 2.45) is 0 Å². The standard InChI is InChI=1S/C8H6N3/c1-2-8(6-9-3-1)11-5-4-10-7-11/h1-2,4-7H. The van der Waals surface area contributed by atoms with E-state index in [9.17, 15) is 0 Å². The number of rotatable bonds is 1. The van der Waals surface area contributed by atoms with Crippen LogP contribution in [-0.4, -0.2) is 14.5 Å². The van der Waals surface area contributed by atoms with E-state index in [0.29, 0.717) is 0 Å². The Kier molecular flexibility index (Phi) is 1.41. The van der Waals surface area contributed by atoms with Gasteiger partial charge in [0, 0.05) is 12.4 Å². The lowest BCUT2D eigenvalue weighted by atomic mass is 10.4. The van der Waals surface area contributed by atoms with Crippen LogP contribution in [0.2, 0.25) is 0 Å². The Morgan fingerprint density at radius 3 is 3.09 bits per heavy atom. The highest BCUT2D eigenvalue weighted by atomic mass is 15.0. The molecule has 3 heteroatoms. The third-order valence-corrected chi connectivity index (χ3v) is 1.40. The fourth-order valence-electron chi connectivity index (χ4n) is 0.877. The monoisotopic (exact) mass is 144 g/mol. The maximum atomic E-state index is 3.92. The van der Waals surface area contributed by atoms with Crippen LogP contribution < -0.4 is 0 Å². The van der Waals surface area contributed by atoms with Crippen molar-refractivity contribution in [1.82, 2.24) is 14.5 Å². The van der Waals surface area contributed by atoms with Crippen molar-refractivity contribution in [3.8, 4) is 5.69 Å². The summed E-state index contributed by atoms with van der Waals surface area (Å²) in [7, 11) is 0. The topological polar surface area (TPSA) is 30.7 Å². The molecule has 0 fully saturated rings. The molecular weight excluding hydrogens is 138 g/mol. The second-order valence-electron chi connectivity index (χ2n) is 2.12. The molecule has 2 rings (SSSR count). The summed E-state index contributed by atoms with van der Waals surface area (Å²) < 4.78 is 1.89. The smallest absolute Gasteiger partial charge is 0.0992 e. The molecular formula is C8H6N3. The van der Waals surface area contributed by atoms with E-state index >= 15 is 0 Å². The largest absolute Gasteiger partial charge is 0.305 e. The van der Waals surface area contributed by atoms with Crippen molar-refractivity contribution in [3.63, 3.8) is 0 Å².